The molecule has 0 spiro atoms. The van der Waals surface area contributed by atoms with E-state index in [0.29, 0.717) is 27.6 Å². The molecule has 0 atom stereocenters. The van der Waals surface area contributed by atoms with Crippen LogP contribution in [0.4, 0.5) is 4.39 Å². The third-order valence-corrected chi connectivity index (χ3v) is 6.82. The highest BCUT2D eigenvalue weighted by Crippen LogP contribution is 2.28. The van der Waals surface area contributed by atoms with Gasteiger partial charge >= 0.3 is 0 Å². The van der Waals surface area contributed by atoms with Crippen molar-refractivity contribution in [2.45, 2.75) is 11.8 Å². The van der Waals surface area contributed by atoms with Crippen LogP contribution in [0.15, 0.2) is 53.4 Å². The molecule has 0 radical (unpaired) electrons. The molecule has 1 N–H and O–H groups in total. The van der Waals surface area contributed by atoms with Crippen molar-refractivity contribution in [3.63, 3.8) is 0 Å². The predicted octanol–water partition coefficient (Wildman–Crippen LogP) is 3.90. The first-order valence-electron chi connectivity index (χ1n) is 9.31. The van der Waals surface area contributed by atoms with E-state index in [4.69, 9.17) is 27.9 Å². The number of fused-ring (bicyclic) bond motifs is 1. The summed E-state index contributed by atoms with van der Waals surface area (Å²) < 4.78 is 47.7. The maximum Gasteiger partial charge on any atom is 0.242 e. The second-order valence-electron chi connectivity index (χ2n) is 6.75. The molecule has 0 unspecified atom stereocenters. The second-order valence-corrected chi connectivity index (χ2v) is 9.30. The normalized spacial score (nSPS) is 11.8. The summed E-state index contributed by atoms with van der Waals surface area (Å²) in [6.45, 7) is 1.68. The van der Waals surface area contributed by atoms with Crippen LogP contribution in [-0.4, -0.2) is 41.4 Å². The van der Waals surface area contributed by atoms with E-state index in [1.54, 1.807) is 31.2 Å². The van der Waals surface area contributed by atoms with Crippen molar-refractivity contribution in [2.24, 2.45) is 0 Å². The van der Waals surface area contributed by atoms with E-state index in [0.717, 1.165) is 0 Å². The van der Waals surface area contributed by atoms with Crippen molar-refractivity contribution in [2.75, 3.05) is 13.2 Å². The summed E-state index contributed by atoms with van der Waals surface area (Å²) in [4.78, 5) is -0.0611. The van der Waals surface area contributed by atoms with Crippen LogP contribution in [0.5, 0.6) is 5.88 Å². The molecule has 0 bridgehead atoms. The Kier molecular flexibility index (Phi) is 6.29. The number of hydrogen-bond acceptors (Lipinski definition) is 6. The molecule has 166 valence electrons. The molecular formula is C20H16Cl2FN5O3S. The van der Waals surface area contributed by atoms with E-state index in [1.165, 1.54) is 28.8 Å². The van der Waals surface area contributed by atoms with Crippen LogP contribution < -0.4 is 9.46 Å². The van der Waals surface area contributed by atoms with Crippen molar-refractivity contribution in [3.8, 4) is 17.3 Å². The molecule has 8 nitrogen and oxygen atoms in total. The molecule has 2 aromatic carbocycles. The topological polar surface area (TPSA) is 98.5 Å². The van der Waals surface area contributed by atoms with E-state index in [-0.39, 0.29) is 34.8 Å². The van der Waals surface area contributed by atoms with Gasteiger partial charge < -0.3 is 4.74 Å². The molecule has 2 aromatic heterocycles. The van der Waals surface area contributed by atoms with E-state index in [9.17, 15) is 12.8 Å². The summed E-state index contributed by atoms with van der Waals surface area (Å²) in [7, 11) is -3.85. The van der Waals surface area contributed by atoms with Crippen LogP contribution in [0.1, 0.15) is 5.56 Å². The molecule has 0 fully saturated rings. The fourth-order valence-electron chi connectivity index (χ4n) is 2.87. The summed E-state index contributed by atoms with van der Waals surface area (Å²) >= 11 is 12.0. The first-order chi connectivity index (χ1) is 15.2. The zero-order valence-corrected chi connectivity index (χ0v) is 18.9. The number of hydrogen-bond donors (Lipinski definition) is 1. The number of nitrogens with zero attached hydrogens (tertiary/aromatic N) is 4. The van der Waals surface area contributed by atoms with Gasteiger partial charge in [0.2, 0.25) is 15.9 Å². The maximum atomic E-state index is 13.2. The minimum absolute atomic E-state index is 0.00986. The van der Waals surface area contributed by atoms with Gasteiger partial charge in [0.05, 0.1) is 5.02 Å². The number of benzene rings is 2. The minimum atomic E-state index is -3.85. The average molecular weight is 496 g/mol. The predicted molar refractivity (Wildman–Crippen MR) is 118 cm³/mol. The Morgan fingerprint density at radius 3 is 2.56 bits per heavy atom. The monoisotopic (exact) mass is 495 g/mol. The second kappa shape index (κ2) is 8.99. The average Bonchev–Trinajstić information content (AvgIpc) is 3.17. The van der Waals surface area contributed by atoms with Crippen LogP contribution in [0, 0.1) is 12.7 Å². The molecule has 12 heteroatoms. The zero-order chi connectivity index (χ0) is 22.9. The van der Waals surface area contributed by atoms with Crippen molar-refractivity contribution in [3.05, 3.63) is 70.0 Å². The smallest absolute Gasteiger partial charge is 0.242 e. The van der Waals surface area contributed by atoms with Gasteiger partial charge in [-0.2, -0.15) is 4.52 Å². The third-order valence-electron chi connectivity index (χ3n) is 4.49. The summed E-state index contributed by atoms with van der Waals surface area (Å²) in [6.07, 6.45) is 0. The van der Waals surface area contributed by atoms with Gasteiger partial charge in [-0.1, -0.05) is 23.2 Å². The lowest BCUT2D eigenvalue weighted by atomic mass is 10.2. The quantitative estimate of drug-likeness (QED) is 0.390. The number of sulfonamides is 1. The molecular weight excluding hydrogens is 480 g/mol. The molecule has 0 aliphatic heterocycles. The first kappa shape index (κ1) is 22.4. The summed E-state index contributed by atoms with van der Waals surface area (Å²) in [5.74, 6) is 0.288. The fraction of sp³-hybridized carbons (Fsp3) is 0.150. The fourth-order valence-corrected chi connectivity index (χ4v) is 4.72. The van der Waals surface area contributed by atoms with Gasteiger partial charge in [0.25, 0.3) is 0 Å². The molecule has 0 saturated heterocycles. The Morgan fingerprint density at radius 1 is 1.06 bits per heavy atom. The number of halogens is 3. The molecule has 4 rings (SSSR count). The van der Waals surface area contributed by atoms with E-state index >= 15 is 0 Å². The lowest BCUT2D eigenvalue weighted by Gasteiger charge is -2.11. The van der Waals surface area contributed by atoms with Crippen LogP contribution >= 0.6 is 23.2 Å². The molecule has 0 aliphatic carbocycles. The molecule has 4 aromatic rings. The van der Waals surface area contributed by atoms with Crippen molar-refractivity contribution >= 4 is 38.9 Å². The Hall–Kier alpha value is -2.79. The van der Waals surface area contributed by atoms with Crippen molar-refractivity contribution in [1.82, 2.24) is 24.5 Å². The van der Waals surface area contributed by atoms with Crippen molar-refractivity contribution < 1.29 is 17.5 Å². The lowest BCUT2D eigenvalue weighted by Crippen LogP contribution is -2.28. The Bertz CT molecular complexity index is 1390. The van der Waals surface area contributed by atoms with Crippen LogP contribution in [0.3, 0.4) is 0 Å². The van der Waals surface area contributed by atoms with Gasteiger partial charge in [-0.05, 0) is 55.0 Å². The van der Waals surface area contributed by atoms with Gasteiger partial charge in [-0.15, -0.1) is 15.3 Å². The third kappa shape index (κ3) is 4.68. The van der Waals surface area contributed by atoms with Crippen LogP contribution in [0.25, 0.3) is 17.0 Å². The first-order valence-corrected chi connectivity index (χ1v) is 11.5. The lowest BCUT2D eigenvalue weighted by molar-refractivity contribution is 0.306. The Morgan fingerprint density at radius 2 is 1.81 bits per heavy atom. The summed E-state index contributed by atoms with van der Waals surface area (Å²) in [6, 6.07) is 11.8. The largest absolute Gasteiger partial charge is 0.475 e. The van der Waals surface area contributed by atoms with E-state index < -0.39 is 10.0 Å². The number of rotatable bonds is 7. The minimum Gasteiger partial charge on any atom is -0.475 e. The maximum absolute atomic E-state index is 13.2. The van der Waals surface area contributed by atoms with Gasteiger partial charge in [-0.3, -0.25) is 0 Å². The molecule has 0 saturated carbocycles. The van der Waals surface area contributed by atoms with Gasteiger partial charge in [0, 0.05) is 23.2 Å². The summed E-state index contributed by atoms with van der Waals surface area (Å²) in [5, 5.41) is 12.8. The van der Waals surface area contributed by atoms with Gasteiger partial charge in [-0.25, -0.2) is 17.5 Å². The molecule has 0 amide bonds. The highest BCUT2D eigenvalue weighted by atomic mass is 35.5. The standard InChI is InChI=1S/C20H16Cl2FN5O3S/c1-12-10-17(16(22)11-15(12)21)32(29,30)24-8-9-31-19-7-6-18-25-26-20(28(18)27-19)13-2-4-14(23)5-3-13/h2-7,10-11,24H,8-9H2,1H3. The number of nitrogens with one attached hydrogen (secondary N) is 1. The van der Waals surface area contributed by atoms with Gasteiger partial charge in [0.15, 0.2) is 11.5 Å². The number of aryl methyl sites for hydroxylation is 1. The van der Waals surface area contributed by atoms with E-state index in [1.807, 2.05) is 0 Å². The highest BCUT2D eigenvalue weighted by Gasteiger charge is 2.19. The molecule has 32 heavy (non-hydrogen) atoms. The highest BCUT2D eigenvalue weighted by molar-refractivity contribution is 7.89. The Balaban J connectivity index is 1.44. The van der Waals surface area contributed by atoms with Crippen molar-refractivity contribution in [1.29, 1.82) is 0 Å². The number of ether oxygens (including phenoxy) is 1. The van der Waals surface area contributed by atoms with Crippen LogP contribution in [-0.2, 0) is 10.0 Å². The van der Waals surface area contributed by atoms with Crippen LogP contribution in [0.2, 0.25) is 10.0 Å². The van der Waals surface area contributed by atoms with Gasteiger partial charge in [0.1, 0.15) is 17.3 Å². The summed E-state index contributed by atoms with van der Waals surface area (Å²) in [5.41, 5.74) is 1.70. The SMILES string of the molecule is Cc1cc(S(=O)(=O)NCCOc2ccc3nnc(-c4ccc(F)cc4)n3n2)c(Cl)cc1Cl. The molecule has 2 heterocycles. The van der Waals surface area contributed by atoms with E-state index in [2.05, 4.69) is 20.0 Å². The molecule has 0 aliphatic rings. The zero-order valence-electron chi connectivity index (χ0n) is 16.6. The number of aromatic nitrogens is 4. The Labute approximate surface area is 193 Å².